The molecule has 1 N–H and O–H groups in total. The number of hydrogen-bond acceptors (Lipinski definition) is 5. The number of carbonyl (C=O) groups is 3. The predicted molar refractivity (Wildman–Crippen MR) is 160 cm³/mol. The highest BCUT2D eigenvalue weighted by molar-refractivity contribution is 5.98. The third-order valence-corrected chi connectivity index (χ3v) is 7.62. The Kier molecular flexibility index (Phi) is 11.1. The van der Waals surface area contributed by atoms with Gasteiger partial charge >= 0.3 is 12.1 Å². The summed E-state index contributed by atoms with van der Waals surface area (Å²) in [5, 5.41) is 9.55. The van der Waals surface area contributed by atoms with Gasteiger partial charge in [-0.3, -0.25) is 24.3 Å². The van der Waals surface area contributed by atoms with Gasteiger partial charge in [-0.05, 0) is 72.5 Å². The van der Waals surface area contributed by atoms with E-state index in [1.807, 2.05) is 12.1 Å². The van der Waals surface area contributed by atoms with Crippen molar-refractivity contribution < 1.29 is 32.7 Å². The molecule has 2 aromatic carbocycles. The molecule has 0 atom stereocenters. The number of benzene rings is 2. The highest BCUT2D eigenvalue weighted by Crippen LogP contribution is 2.31. The van der Waals surface area contributed by atoms with Crippen LogP contribution in [0.15, 0.2) is 67.0 Å². The van der Waals surface area contributed by atoms with Crippen LogP contribution in [0.3, 0.4) is 0 Å². The van der Waals surface area contributed by atoms with Crippen molar-refractivity contribution in [3.8, 4) is 0 Å². The van der Waals surface area contributed by atoms with E-state index in [0.717, 1.165) is 66.8 Å². The van der Waals surface area contributed by atoms with E-state index in [0.29, 0.717) is 25.3 Å². The minimum absolute atomic E-state index is 0.127. The molecule has 0 unspecified atom stereocenters. The third-order valence-electron chi connectivity index (χ3n) is 7.62. The number of hydrogen-bond donors (Lipinski definition) is 1. The quantitative estimate of drug-likeness (QED) is 0.345. The summed E-state index contributed by atoms with van der Waals surface area (Å²) in [7, 11) is 0. The molecule has 44 heavy (non-hydrogen) atoms. The summed E-state index contributed by atoms with van der Waals surface area (Å²) in [5.74, 6) is -2.05. The number of nitrogens with zero attached hydrogens (tertiary/aromatic N) is 4. The highest BCUT2D eigenvalue weighted by atomic mass is 19.4. The van der Waals surface area contributed by atoms with E-state index < -0.39 is 30.2 Å². The van der Waals surface area contributed by atoms with E-state index in [2.05, 4.69) is 9.88 Å². The van der Waals surface area contributed by atoms with E-state index in [1.165, 1.54) is 19.1 Å². The number of anilines is 1. The number of aromatic nitrogens is 1. The molecule has 1 aliphatic rings. The van der Waals surface area contributed by atoms with E-state index in [1.54, 1.807) is 35.5 Å². The molecule has 0 saturated carbocycles. The van der Waals surface area contributed by atoms with Crippen molar-refractivity contribution in [2.45, 2.75) is 64.8 Å². The van der Waals surface area contributed by atoms with E-state index in [4.69, 9.17) is 0 Å². The molecule has 0 saturated heterocycles. The molecule has 11 heteroatoms. The van der Waals surface area contributed by atoms with Gasteiger partial charge in [0.2, 0.25) is 5.91 Å². The summed E-state index contributed by atoms with van der Waals surface area (Å²) in [4.78, 5) is 47.5. The first-order valence-electron chi connectivity index (χ1n) is 14.7. The lowest BCUT2D eigenvalue weighted by Gasteiger charge is -2.29. The standard InChI is InChI=1S/C33H37F3N4O4/c1-24(41)40-16-6-4-2-3-5-15-38(20-26-10-8-14-37-19-26)22-28-18-27(12-13-30(28)40)32(44)39(23-31(42)43)21-25-9-7-11-29(17-25)33(34,35)36/h7-14,17-19H,2-6,15-16,20-23H2,1H3,(H,42,43). The Morgan fingerprint density at radius 1 is 0.932 bits per heavy atom. The third kappa shape index (κ3) is 9.12. The zero-order valence-electron chi connectivity index (χ0n) is 24.7. The van der Waals surface area contributed by atoms with Crippen LogP contribution in [0.1, 0.15) is 71.6 Å². The second kappa shape index (κ2) is 15.0. The molecular formula is C33H37F3N4O4. The highest BCUT2D eigenvalue weighted by Gasteiger charge is 2.31. The summed E-state index contributed by atoms with van der Waals surface area (Å²) in [6.45, 7) is 2.82. The normalized spacial score (nSPS) is 15.0. The largest absolute Gasteiger partial charge is 0.480 e. The van der Waals surface area contributed by atoms with Crippen LogP contribution in [0, 0.1) is 0 Å². The zero-order chi connectivity index (χ0) is 31.7. The lowest BCUT2D eigenvalue weighted by molar-refractivity contribution is -0.139. The number of carbonyl (C=O) groups excluding carboxylic acids is 2. The summed E-state index contributed by atoms with van der Waals surface area (Å²) in [5.41, 5.74) is 1.89. The fourth-order valence-electron chi connectivity index (χ4n) is 5.51. The van der Waals surface area contributed by atoms with Gasteiger partial charge in [0.15, 0.2) is 0 Å². The van der Waals surface area contributed by atoms with Gasteiger partial charge in [0, 0.05) is 56.7 Å². The topological polar surface area (TPSA) is 94.1 Å². The molecule has 0 aliphatic carbocycles. The average Bonchev–Trinajstić information content (AvgIpc) is 2.97. The van der Waals surface area contributed by atoms with E-state index >= 15 is 0 Å². The first kappa shape index (κ1) is 32.7. The van der Waals surface area contributed by atoms with Crippen LogP contribution in [-0.2, 0) is 35.4 Å². The predicted octanol–water partition coefficient (Wildman–Crippen LogP) is 6.15. The van der Waals surface area contributed by atoms with Crippen molar-refractivity contribution >= 4 is 23.5 Å². The summed E-state index contributed by atoms with van der Waals surface area (Å²) >= 11 is 0. The second-order valence-electron chi connectivity index (χ2n) is 11.1. The Morgan fingerprint density at radius 2 is 1.66 bits per heavy atom. The molecule has 3 aromatic rings. The molecule has 1 aromatic heterocycles. The van der Waals surface area contributed by atoms with E-state index in [9.17, 15) is 32.7 Å². The number of alkyl halides is 3. The van der Waals surface area contributed by atoms with Crippen LogP contribution >= 0.6 is 0 Å². The molecule has 234 valence electrons. The van der Waals surface area contributed by atoms with Gasteiger partial charge in [0.1, 0.15) is 6.54 Å². The molecule has 4 rings (SSSR count). The molecule has 2 amide bonds. The van der Waals surface area contributed by atoms with Gasteiger partial charge < -0.3 is 14.9 Å². The van der Waals surface area contributed by atoms with Gasteiger partial charge in [0.25, 0.3) is 5.91 Å². The lowest BCUT2D eigenvalue weighted by atomic mass is 10.0. The van der Waals surface area contributed by atoms with Crippen molar-refractivity contribution in [3.63, 3.8) is 0 Å². The summed E-state index contributed by atoms with van der Waals surface area (Å²) in [6.07, 6.45) is 3.85. The zero-order valence-corrected chi connectivity index (χ0v) is 24.7. The number of rotatable bonds is 7. The Bertz CT molecular complexity index is 1450. The van der Waals surface area contributed by atoms with Crippen molar-refractivity contribution in [1.82, 2.24) is 14.8 Å². The number of amides is 2. The second-order valence-corrected chi connectivity index (χ2v) is 11.1. The maximum absolute atomic E-state index is 13.8. The van der Waals surface area contributed by atoms with Crippen LogP contribution in [-0.4, -0.2) is 57.3 Å². The number of aliphatic carboxylic acids is 1. The average molecular weight is 611 g/mol. The Balaban J connectivity index is 1.71. The minimum atomic E-state index is -4.58. The van der Waals surface area contributed by atoms with Crippen molar-refractivity contribution in [3.05, 3.63) is 94.8 Å². The van der Waals surface area contributed by atoms with Gasteiger partial charge in [0.05, 0.1) is 5.56 Å². The molecule has 0 bridgehead atoms. The number of pyridine rings is 1. The van der Waals surface area contributed by atoms with Gasteiger partial charge in [-0.1, -0.05) is 37.5 Å². The number of fused-ring (bicyclic) bond motifs is 1. The smallest absolute Gasteiger partial charge is 0.416 e. The lowest BCUT2D eigenvalue weighted by Crippen LogP contribution is -2.36. The summed E-state index contributed by atoms with van der Waals surface area (Å²) in [6, 6.07) is 13.3. The Labute approximate surface area is 255 Å². The van der Waals surface area contributed by atoms with Crippen LogP contribution in [0.5, 0.6) is 0 Å². The van der Waals surface area contributed by atoms with Crippen LogP contribution in [0.25, 0.3) is 0 Å². The monoisotopic (exact) mass is 610 g/mol. The van der Waals surface area contributed by atoms with Crippen molar-refractivity contribution in [1.29, 1.82) is 0 Å². The minimum Gasteiger partial charge on any atom is -0.480 e. The number of carboxylic acid groups (broad SMARTS) is 1. The van der Waals surface area contributed by atoms with Crippen molar-refractivity contribution in [2.24, 2.45) is 0 Å². The van der Waals surface area contributed by atoms with Crippen LogP contribution in [0.2, 0.25) is 0 Å². The van der Waals surface area contributed by atoms with Gasteiger partial charge in [-0.2, -0.15) is 13.2 Å². The first-order valence-corrected chi connectivity index (χ1v) is 14.7. The summed E-state index contributed by atoms with van der Waals surface area (Å²) < 4.78 is 39.9. The molecule has 1 aliphatic heterocycles. The Hall–Kier alpha value is -4.25. The van der Waals surface area contributed by atoms with Gasteiger partial charge in [-0.15, -0.1) is 0 Å². The first-order chi connectivity index (χ1) is 21.0. The fraction of sp³-hybridized carbons (Fsp3) is 0.394. The molecule has 0 radical (unpaired) electrons. The molecule has 2 heterocycles. The molecule has 8 nitrogen and oxygen atoms in total. The maximum Gasteiger partial charge on any atom is 0.416 e. The van der Waals surface area contributed by atoms with Gasteiger partial charge in [-0.25, -0.2) is 0 Å². The van der Waals surface area contributed by atoms with Crippen LogP contribution < -0.4 is 4.90 Å². The van der Waals surface area contributed by atoms with E-state index in [-0.39, 0.29) is 23.6 Å². The Morgan fingerprint density at radius 3 is 2.34 bits per heavy atom. The number of carboxylic acids is 1. The van der Waals surface area contributed by atoms with Crippen LogP contribution in [0.4, 0.5) is 18.9 Å². The molecular weight excluding hydrogens is 573 g/mol. The molecule has 0 spiro atoms. The fourth-order valence-corrected chi connectivity index (χ4v) is 5.51. The SMILES string of the molecule is CC(=O)N1CCCCCCCN(Cc2cccnc2)Cc2cc(C(=O)N(CC(=O)O)Cc3cccc(C(F)(F)F)c3)ccc21. The number of halogens is 3. The molecule has 0 fully saturated rings. The van der Waals surface area contributed by atoms with Crippen molar-refractivity contribution in [2.75, 3.05) is 24.5 Å². The maximum atomic E-state index is 13.8.